The molecule has 1 aliphatic rings. The molecule has 3 unspecified atom stereocenters. The number of carbonyl (C=O) groups is 1. The molecule has 4 nitrogen and oxygen atoms in total. The van der Waals surface area contributed by atoms with Gasteiger partial charge in [0.2, 0.25) is 0 Å². The molecular weight excluding hydrogens is 230 g/mol. The molecular formula is C14H27NO3. The first-order valence-electron chi connectivity index (χ1n) is 7.03. The van der Waals surface area contributed by atoms with Gasteiger partial charge in [-0.15, -0.1) is 0 Å². The van der Waals surface area contributed by atoms with Gasteiger partial charge >= 0.3 is 5.97 Å². The van der Waals surface area contributed by atoms with Crippen molar-refractivity contribution in [3.05, 3.63) is 0 Å². The Morgan fingerprint density at radius 2 is 2.22 bits per heavy atom. The van der Waals surface area contributed by atoms with Crippen LogP contribution < -0.4 is 0 Å². The normalized spacial score (nSPS) is 31.1. The second-order valence-electron chi connectivity index (χ2n) is 5.48. The van der Waals surface area contributed by atoms with Crippen molar-refractivity contribution in [2.75, 3.05) is 20.2 Å². The third-order valence-corrected chi connectivity index (χ3v) is 4.10. The van der Waals surface area contributed by atoms with E-state index in [1.807, 2.05) is 13.8 Å². The van der Waals surface area contributed by atoms with Gasteiger partial charge in [-0.2, -0.15) is 0 Å². The molecule has 0 aromatic heterocycles. The van der Waals surface area contributed by atoms with Gasteiger partial charge in [-0.1, -0.05) is 13.3 Å². The van der Waals surface area contributed by atoms with Gasteiger partial charge in [-0.3, -0.25) is 4.79 Å². The summed E-state index contributed by atoms with van der Waals surface area (Å²) in [6.07, 6.45) is 2.88. The summed E-state index contributed by atoms with van der Waals surface area (Å²) < 4.78 is 5.12. The number of rotatable bonds is 5. The van der Waals surface area contributed by atoms with E-state index < -0.39 is 5.60 Å². The number of carbonyl (C=O) groups excluding carboxylic acids is 1. The molecule has 1 aliphatic heterocycles. The Bertz CT molecular complexity index is 282. The smallest absolute Gasteiger partial charge is 0.311 e. The fourth-order valence-electron chi connectivity index (χ4n) is 2.81. The van der Waals surface area contributed by atoms with Gasteiger partial charge in [-0.25, -0.2) is 0 Å². The number of nitrogens with zero attached hydrogens (tertiary/aromatic N) is 1. The van der Waals surface area contributed by atoms with Crippen molar-refractivity contribution >= 4 is 5.97 Å². The van der Waals surface area contributed by atoms with Crippen LogP contribution in [0.3, 0.4) is 0 Å². The van der Waals surface area contributed by atoms with Crippen molar-refractivity contribution in [2.45, 2.75) is 58.1 Å². The van der Waals surface area contributed by atoms with E-state index in [0.29, 0.717) is 31.9 Å². The molecule has 1 saturated heterocycles. The third-order valence-electron chi connectivity index (χ3n) is 4.10. The minimum Gasteiger partial charge on any atom is -0.466 e. The Kier molecular flexibility index (Phi) is 5.60. The quantitative estimate of drug-likeness (QED) is 0.763. The molecule has 1 rings (SSSR count). The van der Waals surface area contributed by atoms with Gasteiger partial charge in [-0.05, 0) is 40.2 Å². The lowest BCUT2D eigenvalue weighted by Crippen LogP contribution is -2.53. The summed E-state index contributed by atoms with van der Waals surface area (Å²) in [5.41, 5.74) is -0.895. The van der Waals surface area contributed by atoms with Crippen molar-refractivity contribution in [3.8, 4) is 0 Å². The number of aliphatic hydroxyl groups is 1. The molecule has 0 aliphatic carbocycles. The summed E-state index contributed by atoms with van der Waals surface area (Å²) >= 11 is 0. The van der Waals surface area contributed by atoms with E-state index in [2.05, 4.69) is 18.9 Å². The number of likely N-dealkylation sites (tertiary alicyclic amines) is 1. The van der Waals surface area contributed by atoms with Gasteiger partial charge in [0.05, 0.1) is 18.1 Å². The zero-order valence-electron chi connectivity index (χ0n) is 12.1. The number of piperidine rings is 1. The molecule has 4 heteroatoms. The maximum absolute atomic E-state index is 12.0. The van der Waals surface area contributed by atoms with Crippen molar-refractivity contribution in [2.24, 2.45) is 5.92 Å². The lowest BCUT2D eigenvalue weighted by Gasteiger charge is -2.44. The molecule has 1 fully saturated rings. The fourth-order valence-corrected chi connectivity index (χ4v) is 2.81. The maximum atomic E-state index is 12.0. The van der Waals surface area contributed by atoms with Crippen LogP contribution >= 0.6 is 0 Å². The molecule has 1 heterocycles. The zero-order chi connectivity index (χ0) is 13.8. The molecule has 0 saturated carbocycles. The molecule has 0 amide bonds. The van der Waals surface area contributed by atoms with Crippen LogP contribution in [0.5, 0.6) is 0 Å². The summed E-state index contributed by atoms with van der Waals surface area (Å²) in [5, 5.41) is 10.8. The summed E-state index contributed by atoms with van der Waals surface area (Å²) in [7, 11) is 2.06. The summed E-state index contributed by atoms with van der Waals surface area (Å²) in [6.45, 7) is 7.15. The Morgan fingerprint density at radius 3 is 2.72 bits per heavy atom. The van der Waals surface area contributed by atoms with E-state index in [1.165, 1.54) is 0 Å². The highest BCUT2D eigenvalue weighted by atomic mass is 16.5. The van der Waals surface area contributed by atoms with E-state index in [9.17, 15) is 9.90 Å². The number of esters is 1. The van der Waals surface area contributed by atoms with Gasteiger partial charge in [0.15, 0.2) is 0 Å². The largest absolute Gasteiger partial charge is 0.466 e. The number of ether oxygens (including phenoxy) is 1. The number of hydrogen-bond donors (Lipinski definition) is 1. The third kappa shape index (κ3) is 3.45. The Hall–Kier alpha value is -0.610. The van der Waals surface area contributed by atoms with E-state index in [0.717, 1.165) is 13.0 Å². The Balaban J connectivity index is 2.80. The van der Waals surface area contributed by atoms with Crippen LogP contribution in [0.4, 0.5) is 0 Å². The van der Waals surface area contributed by atoms with Crippen LogP contribution in [0.1, 0.15) is 46.5 Å². The lowest BCUT2D eigenvalue weighted by molar-refractivity contribution is -0.164. The first-order valence-corrected chi connectivity index (χ1v) is 7.03. The molecule has 0 aromatic rings. The molecule has 0 aromatic carbocycles. The topological polar surface area (TPSA) is 49.8 Å². The van der Waals surface area contributed by atoms with Crippen LogP contribution in [-0.2, 0) is 9.53 Å². The monoisotopic (exact) mass is 257 g/mol. The first-order chi connectivity index (χ1) is 8.44. The minimum absolute atomic E-state index is 0.237. The fraction of sp³-hybridized carbons (Fsp3) is 0.929. The van der Waals surface area contributed by atoms with E-state index in [-0.39, 0.29) is 11.9 Å². The van der Waals surface area contributed by atoms with Crippen molar-refractivity contribution in [1.29, 1.82) is 0 Å². The minimum atomic E-state index is -0.895. The molecule has 1 N–H and O–H groups in total. The first kappa shape index (κ1) is 15.4. The summed E-state index contributed by atoms with van der Waals surface area (Å²) in [6, 6.07) is 0.303. The van der Waals surface area contributed by atoms with E-state index in [4.69, 9.17) is 4.74 Å². The second-order valence-corrected chi connectivity index (χ2v) is 5.48. The highest BCUT2D eigenvalue weighted by molar-refractivity contribution is 5.74. The van der Waals surface area contributed by atoms with E-state index >= 15 is 0 Å². The standard InChI is InChI=1S/C14H27NO3/c1-5-7-12(13(16)18-6-2)14(17)8-9-15(4)11(3)10-14/h11-12,17H,5-10H2,1-4H3. The summed E-state index contributed by atoms with van der Waals surface area (Å²) in [5.74, 6) is -0.614. The van der Waals surface area contributed by atoms with E-state index in [1.54, 1.807) is 0 Å². The van der Waals surface area contributed by atoms with Gasteiger partial charge < -0.3 is 14.7 Å². The van der Waals surface area contributed by atoms with Crippen molar-refractivity contribution in [3.63, 3.8) is 0 Å². The predicted molar refractivity (Wildman–Crippen MR) is 71.3 cm³/mol. The second kappa shape index (κ2) is 6.53. The average molecular weight is 257 g/mol. The lowest BCUT2D eigenvalue weighted by atomic mass is 9.75. The van der Waals surface area contributed by atoms with Crippen molar-refractivity contribution < 1.29 is 14.6 Å². The highest BCUT2D eigenvalue weighted by Crippen LogP contribution is 2.35. The molecule has 3 atom stereocenters. The number of hydrogen-bond acceptors (Lipinski definition) is 4. The van der Waals surface area contributed by atoms with Gasteiger partial charge in [0.1, 0.15) is 0 Å². The van der Waals surface area contributed by atoms with Crippen LogP contribution in [0.15, 0.2) is 0 Å². The Labute approximate surface area is 110 Å². The van der Waals surface area contributed by atoms with Gasteiger partial charge in [0.25, 0.3) is 0 Å². The SMILES string of the molecule is CCCC(C(=O)OCC)C1(O)CCN(C)C(C)C1. The van der Waals surface area contributed by atoms with Crippen LogP contribution in [-0.4, -0.2) is 47.8 Å². The predicted octanol–water partition coefficient (Wildman–Crippen LogP) is 1.81. The highest BCUT2D eigenvalue weighted by Gasteiger charge is 2.45. The maximum Gasteiger partial charge on any atom is 0.311 e. The van der Waals surface area contributed by atoms with Gasteiger partial charge in [0, 0.05) is 12.6 Å². The van der Waals surface area contributed by atoms with Crippen LogP contribution in [0.2, 0.25) is 0 Å². The zero-order valence-corrected chi connectivity index (χ0v) is 12.1. The Morgan fingerprint density at radius 1 is 1.56 bits per heavy atom. The van der Waals surface area contributed by atoms with Crippen LogP contribution in [0, 0.1) is 5.92 Å². The summed E-state index contributed by atoms with van der Waals surface area (Å²) in [4.78, 5) is 14.3. The van der Waals surface area contributed by atoms with Crippen molar-refractivity contribution in [1.82, 2.24) is 4.90 Å². The molecule has 18 heavy (non-hydrogen) atoms. The van der Waals surface area contributed by atoms with Crippen LogP contribution in [0.25, 0.3) is 0 Å². The molecule has 0 spiro atoms. The molecule has 0 radical (unpaired) electrons. The molecule has 0 bridgehead atoms. The average Bonchev–Trinajstić information content (AvgIpc) is 2.31. The molecule has 106 valence electrons.